The third-order valence-corrected chi connectivity index (χ3v) is 7.68. The Balaban J connectivity index is -0.000000385. The van der Waals surface area contributed by atoms with Gasteiger partial charge in [0.25, 0.3) is 0 Å². The first kappa shape index (κ1) is 27.5. The van der Waals surface area contributed by atoms with Crippen LogP contribution in [0.25, 0.3) is 0 Å². The number of unbranched alkanes of at least 4 members (excludes halogenated alkanes) is 8. The van der Waals surface area contributed by atoms with E-state index < -0.39 is 5.97 Å². The third kappa shape index (κ3) is 25.6. The molecule has 0 unspecified atom stereocenters. The fourth-order valence-electron chi connectivity index (χ4n) is 2.45. The quantitative estimate of drug-likeness (QED) is 0.380. The van der Waals surface area contributed by atoms with Gasteiger partial charge in [0.15, 0.2) is 0 Å². The third-order valence-electron chi connectivity index (χ3n) is 4.22. The van der Waals surface area contributed by atoms with Crippen LogP contribution in [0.15, 0.2) is 0 Å². The summed E-state index contributed by atoms with van der Waals surface area (Å²) >= 11 is 0. The van der Waals surface area contributed by atoms with Gasteiger partial charge in [-0.2, -0.15) is 0 Å². The van der Waals surface area contributed by atoms with Crippen LogP contribution in [0.2, 0.25) is 18.1 Å². The van der Waals surface area contributed by atoms with E-state index in [0.717, 1.165) is 12.8 Å². The van der Waals surface area contributed by atoms with Gasteiger partial charge in [0.05, 0.1) is 0 Å². The van der Waals surface area contributed by atoms with E-state index in [0.29, 0.717) is 0 Å². The van der Waals surface area contributed by atoms with E-state index >= 15 is 0 Å². The Morgan fingerprint density at radius 3 is 1.36 bits per heavy atom. The molecule has 0 bridgehead atoms. The summed E-state index contributed by atoms with van der Waals surface area (Å²) < 4.78 is 0. The molecule has 128 valence electrons. The van der Waals surface area contributed by atoms with Crippen LogP contribution in [0, 0.1) is 0 Å². The monoisotopic (exact) mass is 338 g/mol. The molecule has 0 saturated heterocycles. The topological polar surface area (TPSA) is 40.1 Å². The zero-order valence-electron chi connectivity index (χ0n) is 16.1. The zero-order chi connectivity index (χ0) is 16.3. The molecule has 22 heavy (non-hydrogen) atoms. The van der Waals surface area contributed by atoms with Gasteiger partial charge in [-0.1, -0.05) is 97.2 Å². The first-order valence-corrected chi connectivity index (χ1v) is 11.8. The van der Waals surface area contributed by atoms with E-state index in [1.54, 1.807) is 0 Å². The van der Waals surface area contributed by atoms with Crippen LogP contribution in [0.3, 0.4) is 0 Å². The minimum absolute atomic E-state index is 0. The molecule has 0 fully saturated rings. The van der Waals surface area contributed by atoms with E-state index in [1.807, 2.05) is 0 Å². The number of carbonyl (C=O) groups excluding carboxylic acids is 1. The molecule has 0 saturated carbocycles. The van der Waals surface area contributed by atoms with Crippen LogP contribution in [0.4, 0.5) is 0 Å². The molecule has 0 amide bonds. The summed E-state index contributed by atoms with van der Waals surface area (Å²) in [6, 6.07) is 4.48. The van der Waals surface area contributed by atoms with Crippen LogP contribution in [0.1, 0.15) is 91.9 Å². The molecule has 0 N–H and O–H groups in total. The van der Waals surface area contributed by atoms with Crippen LogP contribution in [-0.4, -0.2) is 14.8 Å². The van der Waals surface area contributed by atoms with Crippen molar-refractivity contribution >= 4 is 14.8 Å². The molecule has 0 aliphatic rings. The predicted molar refractivity (Wildman–Crippen MR) is 95.4 cm³/mol. The second kappa shape index (κ2) is 23.9. The van der Waals surface area contributed by atoms with E-state index in [4.69, 9.17) is 0 Å². The molecule has 0 aliphatic heterocycles. The van der Waals surface area contributed by atoms with Crippen molar-refractivity contribution < 1.29 is 39.5 Å². The Morgan fingerprint density at radius 2 is 1.09 bits per heavy atom. The largest absolute Gasteiger partial charge is 1.00 e. The van der Waals surface area contributed by atoms with Gasteiger partial charge in [-0.05, 0) is 12.8 Å². The van der Waals surface area contributed by atoms with Gasteiger partial charge in [-0.15, -0.1) is 0 Å². The SMILES string of the molecule is CCCCCCCCCCCC(=O)[O-].CC[SiH](CC)CC.[Na+]. The van der Waals surface area contributed by atoms with Crippen LogP contribution in [0.5, 0.6) is 0 Å². The Kier molecular flexibility index (Phi) is 30.0. The zero-order valence-corrected chi connectivity index (χ0v) is 19.2. The van der Waals surface area contributed by atoms with Crippen molar-refractivity contribution in [1.82, 2.24) is 0 Å². The molecule has 0 aliphatic carbocycles. The van der Waals surface area contributed by atoms with E-state index in [2.05, 4.69) is 27.7 Å². The normalized spacial score (nSPS) is 9.86. The van der Waals surface area contributed by atoms with Gasteiger partial charge < -0.3 is 9.90 Å². The molecule has 0 aromatic rings. The summed E-state index contributed by atoms with van der Waals surface area (Å²) in [4.78, 5) is 10.1. The molecule has 2 nitrogen and oxygen atoms in total. The van der Waals surface area contributed by atoms with Crippen LogP contribution >= 0.6 is 0 Å². The summed E-state index contributed by atoms with van der Waals surface area (Å²) in [5.41, 5.74) is 0. The number of carboxylic acid groups (broad SMARTS) is 1. The fraction of sp³-hybridized carbons (Fsp3) is 0.944. The van der Waals surface area contributed by atoms with Crippen molar-refractivity contribution in [2.24, 2.45) is 0 Å². The minimum atomic E-state index is -0.909. The number of carboxylic acids is 1. The second-order valence-electron chi connectivity index (χ2n) is 6.04. The van der Waals surface area contributed by atoms with Gasteiger partial charge in [-0.3, -0.25) is 0 Å². The average Bonchev–Trinajstić information content (AvgIpc) is 2.48. The second-order valence-corrected chi connectivity index (χ2v) is 10.2. The number of hydrogen-bond donors (Lipinski definition) is 0. The molecule has 0 atom stereocenters. The van der Waals surface area contributed by atoms with Crippen molar-refractivity contribution in [2.45, 2.75) is 110 Å². The predicted octanol–water partition coefficient (Wildman–Crippen LogP) is 1.93. The van der Waals surface area contributed by atoms with Gasteiger partial charge in [0, 0.05) is 14.8 Å². The molecule has 0 aromatic heterocycles. The molecule has 0 heterocycles. The molecule has 0 spiro atoms. The average molecular weight is 339 g/mol. The molecule has 4 heteroatoms. The van der Waals surface area contributed by atoms with Gasteiger partial charge >= 0.3 is 29.6 Å². The van der Waals surface area contributed by atoms with Gasteiger partial charge in [-0.25, -0.2) is 0 Å². The number of hydrogen-bond acceptors (Lipinski definition) is 2. The van der Waals surface area contributed by atoms with Crippen molar-refractivity contribution in [2.75, 3.05) is 0 Å². The van der Waals surface area contributed by atoms with Crippen LogP contribution < -0.4 is 34.7 Å². The Morgan fingerprint density at radius 1 is 0.727 bits per heavy atom. The summed E-state index contributed by atoms with van der Waals surface area (Å²) in [5.74, 6) is -0.909. The molecule has 0 aromatic carbocycles. The van der Waals surface area contributed by atoms with Crippen molar-refractivity contribution in [3.8, 4) is 0 Å². The first-order chi connectivity index (χ1) is 10.1. The maximum absolute atomic E-state index is 10.1. The molecule has 0 radical (unpaired) electrons. The summed E-state index contributed by atoms with van der Waals surface area (Å²) in [6.07, 6.45) is 11.2. The van der Waals surface area contributed by atoms with E-state index in [1.165, 1.54) is 63.1 Å². The first-order valence-electron chi connectivity index (χ1n) is 9.31. The minimum Gasteiger partial charge on any atom is -0.550 e. The molecular formula is C18H39NaO2Si. The smallest absolute Gasteiger partial charge is 0.550 e. The number of carbonyl (C=O) groups is 1. The summed E-state index contributed by atoms with van der Waals surface area (Å²) in [5, 5.41) is 10.1. The number of rotatable bonds is 13. The standard InChI is InChI=1S/C12H24O2.C6H16Si.Na/c1-2-3-4-5-6-7-8-9-10-11-12(13)14;1-4-7(5-2)6-3;/h2-11H2,1H3,(H,13,14);7H,4-6H2,1-3H3;/q;;+1/p-1. The number of aliphatic carboxylic acids is 1. The summed E-state index contributed by atoms with van der Waals surface area (Å²) in [7, 11) is -0.171. The molecule has 0 rings (SSSR count). The summed E-state index contributed by atoms with van der Waals surface area (Å²) in [6.45, 7) is 9.19. The van der Waals surface area contributed by atoms with Crippen LogP contribution in [-0.2, 0) is 4.79 Å². The Labute approximate surface area is 163 Å². The fourth-order valence-corrected chi connectivity index (χ4v) is 4.18. The van der Waals surface area contributed by atoms with E-state index in [9.17, 15) is 9.90 Å². The van der Waals surface area contributed by atoms with Gasteiger partial charge in [0.2, 0.25) is 0 Å². The molecular weight excluding hydrogens is 299 g/mol. The van der Waals surface area contributed by atoms with Gasteiger partial charge in [0.1, 0.15) is 0 Å². The van der Waals surface area contributed by atoms with Crippen molar-refractivity contribution in [3.05, 3.63) is 0 Å². The maximum atomic E-state index is 10.1. The Bertz CT molecular complexity index is 204. The maximum Gasteiger partial charge on any atom is 1.00 e. The van der Waals surface area contributed by atoms with Crippen molar-refractivity contribution in [3.63, 3.8) is 0 Å². The Hall–Kier alpha value is 0.687. The van der Waals surface area contributed by atoms with E-state index in [-0.39, 0.29) is 44.8 Å². The van der Waals surface area contributed by atoms with Crippen molar-refractivity contribution in [1.29, 1.82) is 0 Å².